The third-order valence-electron chi connectivity index (χ3n) is 6.68. The van der Waals surface area contributed by atoms with Gasteiger partial charge in [-0.05, 0) is 75.5 Å². The number of ether oxygens (including phenoxy) is 2. The van der Waals surface area contributed by atoms with Gasteiger partial charge in [-0.2, -0.15) is 0 Å². The van der Waals surface area contributed by atoms with Crippen LogP contribution in [0.3, 0.4) is 0 Å². The Balaban J connectivity index is 1.36. The van der Waals surface area contributed by atoms with Gasteiger partial charge in [-0.3, -0.25) is 0 Å². The molecule has 2 fully saturated rings. The Hall–Kier alpha value is -2.76. The van der Waals surface area contributed by atoms with E-state index < -0.39 is 0 Å². The Morgan fingerprint density at radius 1 is 1.28 bits per heavy atom. The first-order valence-electron chi connectivity index (χ1n) is 11.8. The molecule has 170 valence electrons. The SMILES string of the molecule is CCOc1ccc2c(F)c(C3=CCC(NC(=O)O[C@H](C)C4CC4)C=C3)n(CC3CC3)c2c1. The summed E-state index contributed by atoms with van der Waals surface area (Å²) >= 11 is 0. The van der Waals surface area contributed by atoms with Crippen molar-refractivity contribution in [3.63, 3.8) is 0 Å². The van der Waals surface area contributed by atoms with E-state index in [1.54, 1.807) is 0 Å². The molecule has 2 saturated carbocycles. The second-order valence-corrected chi connectivity index (χ2v) is 9.28. The van der Waals surface area contributed by atoms with E-state index in [2.05, 4.69) is 9.88 Å². The third-order valence-corrected chi connectivity index (χ3v) is 6.68. The number of carbonyl (C=O) groups excluding carboxylic acids is 1. The van der Waals surface area contributed by atoms with Crippen molar-refractivity contribution >= 4 is 22.6 Å². The number of hydrogen-bond donors (Lipinski definition) is 1. The second-order valence-electron chi connectivity index (χ2n) is 9.28. The first-order chi connectivity index (χ1) is 15.5. The molecule has 3 aliphatic carbocycles. The zero-order valence-corrected chi connectivity index (χ0v) is 18.8. The van der Waals surface area contributed by atoms with Crippen LogP contribution < -0.4 is 10.1 Å². The summed E-state index contributed by atoms with van der Waals surface area (Å²) in [4.78, 5) is 12.2. The fourth-order valence-electron chi connectivity index (χ4n) is 4.49. The maximum atomic E-state index is 15.6. The lowest BCUT2D eigenvalue weighted by molar-refractivity contribution is 0.0938. The number of fused-ring (bicyclic) bond motifs is 1. The molecular weight excluding hydrogens is 407 g/mol. The number of aromatic nitrogens is 1. The van der Waals surface area contributed by atoms with Crippen molar-refractivity contribution in [2.24, 2.45) is 11.8 Å². The number of hydrogen-bond acceptors (Lipinski definition) is 3. The first-order valence-corrected chi connectivity index (χ1v) is 11.8. The van der Waals surface area contributed by atoms with Crippen molar-refractivity contribution in [1.29, 1.82) is 0 Å². The Kier molecular flexibility index (Phi) is 5.70. The second kappa shape index (κ2) is 8.64. The summed E-state index contributed by atoms with van der Waals surface area (Å²) in [5.74, 6) is 1.68. The molecule has 0 radical (unpaired) electrons. The highest BCUT2D eigenvalue weighted by Gasteiger charge is 2.31. The van der Waals surface area contributed by atoms with Crippen molar-refractivity contribution in [2.45, 2.75) is 64.6 Å². The summed E-state index contributed by atoms with van der Waals surface area (Å²) in [7, 11) is 0. The van der Waals surface area contributed by atoms with Gasteiger partial charge in [0.1, 0.15) is 11.9 Å². The van der Waals surface area contributed by atoms with E-state index in [9.17, 15) is 4.79 Å². The summed E-state index contributed by atoms with van der Waals surface area (Å²) in [6.07, 6.45) is 10.7. The van der Waals surface area contributed by atoms with Gasteiger partial charge >= 0.3 is 6.09 Å². The molecule has 6 heteroatoms. The molecule has 1 aromatic heterocycles. The first kappa shape index (κ1) is 21.1. The highest BCUT2D eigenvalue weighted by molar-refractivity contribution is 5.90. The number of alkyl carbamates (subject to hydrolysis) is 1. The molecule has 2 aromatic rings. The smallest absolute Gasteiger partial charge is 0.407 e. The van der Waals surface area contributed by atoms with Gasteiger partial charge in [0, 0.05) is 18.0 Å². The van der Waals surface area contributed by atoms with E-state index in [4.69, 9.17) is 9.47 Å². The molecule has 0 saturated heterocycles. The average Bonchev–Trinajstić information content (AvgIpc) is 3.68. The van der Waals surface area contributed by atoms with Gasteiger partial charge < -0.3 is 19.4 Å². The van der Waals surface area contributed by atoms with Gasteiger partial charge in [-0.25, -0.2) is 9.18 Å². The standard InChI is InChI=1S/C26H31FN2O3/c1-3-31-21-12-13-22-23(14-21)29(15-17-4-5-17)25(24(22)27)19-8-10-20(11-9-19)28-26(30)32-16(2)18-6-7-18/h8-10,12-14,16-18,20H,3-7,11,15H2,1-2H3,(H,28,30)/t16-,20?/m1/s1. The number of benzene rings is 1. The lowest BCUT2D eigenvalue weighted by atomic mass is 10.00. The van der Waals surface area contributed by atoms with Crippen LogP contribution in [0.15, 0.2) is 36.4 Å². The Bertz CT molecular complexity index is 1080. The minimum atomic E-state index is -0.381. The van der Waals surface area contributed by atoms with Crippen molar-refractivity contribution in [3.8, 4) is 5.75 Å². The largest absolute Gasteiger partial charge is 0.494 e. The summed E-state index contributed by atoms with van der Waals surface area (Å²) in [6.45, 7) is 5.28. The summed E-state index contributed by atoms with van der Waals surface area (Å²) < 4.78 is 28.8. The van der Waals surface area contributed by atoms with Gasteiger partial charge in [0.25, 0.3) is 0 Å². The normalized spacial score (nSPS) is 21.3. The van der Waals surface area contributed by atoms with Gasteiger partial charge in [-0.15, -0.1) is 0 Å². The van der Waals surface area contributed by atoms with Gasteiger partial charge in [0.15, 0.2) is 5.82 Å². The number of nitrogens with one attached hydrogen (secondary N) is 1. The number of carbonyl (C=O) groups is 1. The number of rotatable bonds is 8. The predicted octanol–water partition coefficient (Wildman–Crippen LogP) is 5.83. The average molecular weight is 439 g/mol. The van der Waals surface area contributed by atoms with Crippen molar-refractivity contribution in [3.05, 3.63) is 47.9 Å². The van der Waals surface area contributed by atoms with Crippen LogP contribution in [0.5, 0.6) is 5.75 Å². The molecule has 0 bridgehead atoms. The fraction of sp³-hybridized carbons (Fsp3) is 0.500. The van der Waals surface area contributed by atoms with Crippen LogP contribution in [0.2, 0.25) is 0 Å². The molecule has 1 aromatic carbocycles. The monoisotopic (exact) mass is 438 g/mol. The minimum absolute atomic E-state index is 0.0394. The molecule has 1 N–H and O–H groups in total. The minimum Gasteiger partial charge on any atom is -0.494 e. The molecule has 0 aliphatic heterocycles. The highest BCUT2D eigenvalue weighted by Crippen LogP contribution is 2.38. The fourth-order valence-corrected chi connectivity index (χ4v) is 4.49. The Morgan fingerprint density at radius 2 is 2.09 bits per heavy atom. The van der Waals surface area contributed by atoms with Crippen LogP contribution in [0, 0.1) is 17.7 Å². The quantitative estimate of drug-likeness (QED) is 0.565. The zero-order valence-electron chi connectivity index (χ0n) is 18.8. The van der Waals surface area contributed by atoms with E-state index in [-0.39, 0.29) is 24.1 Å². The molecule has 1 amide bonds. The van der Waals surface area contributed by atoms with Crippen LogP contribution in [-0.2, 0) is 11.3 Å². The van der Waals surface area contributed by atoms with Crippen molar-refractivity contribution in [2.75, 3.05) is 6.61 Å². The van der Waals surface area contributed by atoms with Crippen LogP contribution in [0.1, 0.15) is 51.6 Å². The number of halogens is 1. The van der Waals surface area contributed by atoms with Crippen LogP contribution in [0.25, 0.3) is 16.5 Å². The molecule has 5 rings (SSSR count). The molecule has 1 heterocycles. The lowest BCUT2D eigenvalue weighted by Crippen LogP contribution is -2.36. The van der Waals surface area contributed by atoms with Crippen LogP contribution >= 0.6 is 0 Å². The Morgan fingerprint density at radius 3 is 2.75 bits per heavy atom. The molecule has 1 unspecified atom stereocenters. The third kappa shape index (κ3) is 4.41. The number of amides is 1. The summed E-state index contributed by atoms with van der Waals surface area (Å²) in [5.41, 5.74) is 2.36. The van der Waals surface area contributed by atoms with E-state index in [1.165, 1.54) is 12.8 Å². The Labute approximate surface area is 188 Å². The van der Waals surface area contributed by atoms with Crippen LogP contribution in [0.4, 0.5) is 9.18 Å². The molecule has 0 spiro atoms. The number of allylic oxidation sites excluding steroid dienone is 2. The van der Waals surface area contributed by atoms with Crippen molar-refractivity contribution in [1.82, 2.24) is 9.88 Å². The van der Waals surface area contributed by atoms with Gasteiger partial charge in [-0.1, -0.05) is 18.2 Å². The van der Waals surface area contributed by atoms with E-state index >= 15 is 4.39 Å². The topological polar surface area (TPSA) is 52.5 Å². The molecule has 2 atom stereocenters. The molecule has 5 nitrogen and oxygen atoms in total. The van der Waals surface area contributed by atoms with Gasteiger partial charge in [0.2, 0.25) is 0 Å². The maximum absolute atomic E-state index is 15.6. The van der Waals surface area contributed by atoms with Gasteiger partial charge in [0.05, 0.1) is 23.9 Å². The van der Waals surface area contributed by atoms with E-state index in [1.807, 2.05) is 50.3 Å². The lowest BCUT2D eigenvalue weighted by Gasteiger charge is -2.20. The highest BCUT2D eigenvalue weighted by atomic mass is 19.1. The van der Waals surface area contributed by atoms with Crippen molar-refractivity contribution < 1.29 is 18.7 Å². The summed E-state index contributed by atoms with van der Waals surface area (Å²) in [5, 5.41) is 3.54. The summed E-state index contributed by atoms with van der Waals surface area (Å²) in [6, 6.07) is 5.45. The molecular formula is C26H31FN2O3. The van der Waals surface area contributed by atoms with E-state index in [0.717, 1.165) is 36.2 Å². The zero-order chi connectivity index (χ0) is 22.2. The molecule has 3 aliphatic rings. The predicted molar refractivity (Wildman–Crippen MR) is 123 cm³/mol. The maximum Gasteiger partial charge on any atom is 0.407 e. The van der Waals surface area contributed by atoms with E-state index in [0.29, 0.717) is 35.9 Å². The number of nitrogens with zero attached hydrogens (tertiary/aromatic N) is 1. The molecule has 32 heavy (non-hydrogen) atoms. The van der Waals surface area contributed by atoms with Crippen LogP contribution in [-0.4, -0.2) is 29.4 Å².